The Labute approximate surface area is 166 Å². The molecule has 1 saturated heterocycles. The average Bonchev–Trinajstić information content (AvgIpc) is 3.24. The molecule has 0 unspecified atom stereocenters. The van der Waals surface area contributed by atoms with Crippen LogP contribution in [0.15, 0.2) is 47.4 Å². The van der Waals surface area contributed by atoms with E-state index in [2.05, 4.69) is 55.3 Å². The molecule has 1 aliphatic rings. The summed E-state index contributed by atoms with van der Waals surface area (Å²) < 4.78 is 5.30. The Balaban J connectivity index is 1.42. The summed E-state index contributed by atoms with van der Waals surface area (Å²) in [6, 6.07) is 10.7. The summed E-state index contributed by atoms with van der Waals surface area (Å²) in [6.45, 7) is 5.31. The smallest absolute Gasteiger partial charge is 0.226 e. The van der Waals surface area contributed by atoms with Crippen LogP contribution in [0, 0.1) is 0 Å². The maximum Gasteiger partial charge on any atom is 0.226 e. The van der Waals surface area contributed by atoms with Crippen molar-refractivity contribution in [3.05, 3.63) is 60.0 Å². The van der Waals surface area contributed by atoms with Crippen molar-refractivity contribution in [3.8, 4) is 11.4 Å². The van der Waals surface area contributed by atoms with Gasteiger partial charge in [-0.05, 0) is 44.3 Å². The van der Waals surface area contributed by atoms with Gasteiger partial charge in [-0.1, -0.05) is 42.4 Å². The van der Waals surface area contributed by atoms with Crippen LogP contribution in [0.3, 0.4) is 0 Å². The van der Waals surface area contributed by atoms with E-state index >= 15 is 0 Å². The van der Waals surface area contributed by atoms with Gasteiger partial charge in [0.15, 0.2) is 0 Å². The first kappa shape index (κ1) is 18.7. The highest BCUT2D eigenvalue weighted by Crippen LogP contribution is 2.31. The fourth-order valence-corrected chi connectivity index (χ4v) is 3.98. The third-order valence-electron chi connectivity index (χ3n) is 5.43. The number of benzene rings is 1. The van der Waals surface area contributed by atoms with Gasteiger partial charge in [-0.15, -0.1) is 0 Å². The highest BCUT2D eigenvalue weighted by atomic mass is 16.5. The number of hydrogen-bond acceptors (Lipinski definition) is 6. The lowest BCUT2D eigenvalue weighted by Crippen LogP contribution is -2.35. The van der Waals surface area contributed by atoms with Crippen LogP contribution < -0.4 is 0 Å². The average molecular weight is 377 g/mol. The molecule has 0 bridgehead atoms. The van der Waals surface area contributed by atoms with E-state index in [1.165, 1.54) is 18.4 Å². The van der Waals surface area contributed by atoms with Gasteiger partial charge in [0.05, 0.1) is 11.3 Å². The van der Waals surface area contributed by atoms with Crippen LogP contribution in [0.25, 0.3) is 11.4 Å². The summed E-state index contributed by atoms with van der Waals surface area (Å²) in [5.41, 5.74) is 3.37. The number of aryl methyl sites for hydroxylation is 2. The van der Waals surface area contributed by atoms with Crippen molar-refractivity contribution in [1.82, 2.24) is 25.0 Å². The molecule has 146 valence electrons. The Bertz CT molecular complexity index is 879. The number of piperidine rings is 1. The number of hydrogen-bond donors (Lipinski definition) is 0. The zero-order chi connectivity index (χ0) is 19.2. The quantitative estimate of drug-likeness (QED) is 0.622. The number of aromatic nitrogens is 4. The molecule has 0 radical (unpaired) electrons. The molecule has 0 N–H and O–H groups in total. The van der Waals surface area contributed by atoms with Gasteiger partial charge in [-0.3, -0.25) is 0 Å². The Kier molecular flexibility index (Phi) is 6.07. The summed E-state index contributed by atoms with van der Waals surface area (Å²) in [5.74, 6) is 1.64. The van der Waals surface area contributed by atoms with E-state index in [0.29, 0.717) is 17.6 Å². The van der Waals surface area contributed by atoms with Gasteiger partial charge in [0.25, 0.3) is 0 Å². The van der Waals surface area contributed by atoms with Crippen molar-refractivity contribution in [3.63, 3.8) is 0 Å². The Morgan fingerprint density at radius 3 is 2.93 bits per heavy atom. The van der Waals surface area contributed by atoms with E-state index in [4.69, 9.17) is 4.52 Å². The first-order valence-electron chi connectivity index (χ1n) is 10.2. The summed E-state index contributed by atoms with van der Waals surface area (Å²) in [7, 11) is 0. The number of likely N-dealkylation sites (tertiary alicyclic amines) is 1. The Morgan fingerprint density at radius 1 is 1.21 bits per heavy atom. The van der Waals surface area contributed by atoms with Crippen LogP contribution in [0.1, 0.15) is 49.3 Å². The Hall–Kier alpha value is -2.60. The van der Waals surface area contributed by atoms with E-state index in [1.807, 2.05) is 13.1 Å². The summed E-state index contributed by atoms with van der Waals surface area (Å²) in [6.07, 6.45) is 8.81. The van der Waals surface area contributed by atoms with Crippen LogP contribution in [0.2, 0.25) is 0 Å². The molecule has 1 atom stereocenters. The van der Waals surface area contributed by atoms with Crippen molar-refractivity contribution in [1.29, 1.82) is 0 Å². The minimum Gasteiger partial charge on any atom is -0.339 e. The van der Waals surface area contributed by atoms with Crippen LogP contribution in [0.4, 0.5) is 0 Å². The highest BCUT2D eigenvalue weighted by molar-refractivity contribution is 5.57. The van der Waals surface area contributed by atoms with E-state index in [0.717, 1.165) is 50.2 Å². The van der Waals surface area contributed by atoms with Crippen LogP contribution in [-0.2, 0) is 12.8 Å². The summed E-state index contributed by atoms with van der Waals surface area (Å²) >= 11 is 0. The molecular weight excluding hydrogens is 350 g/mol. The molecule has 0 aliphatic carbocycles. The molecule has 6 heteroatoms. The molecular formula is C22H27N5O. The van der Waals surface area contributed by atoms with Gasteiger partial charge in [0.1, 0.15) is 6.33 Å². The lowest BCUT2D eigenvalue weighted by Gasteiger charge is -2.32. The van der Waals surface area contributed by atoms with Crippen molar-refractivity contribution >= 4 is 0 Å². The minimum absolute atomic E-state index is 0.382. The maximum absolute atomic E-state index is 5.30. The van der Waals surface area contributed by atoms with Crippen LogP contribution in [-0.4, -0.2) is 44.6 Å². The molecule has 3 aromatic rings. The number of rotatable bonds is 7. The fraction of sp³-hybridized carbons (Fsp3) is 0.455. The molecule has 28 heavy (non-hydrogen) atoms. The van der Waals surface area contributed by atoms with E-state index in [-0.39, 0.29) is 0 Å². The van der Waals surface area contributed by atoms with Gasteiger partial charge >= 0.3 is 0 Å². The zero-order valence-corrected chi connectivity index (χ0v) is 16.4. The molecule has 6 nitrogen and oxygen atoms in total. The minimum atomic E-state index is 0.382. The molecule has 1 aliphatic heterocycles. The molecule has 3 heterocycles. The highest BCUT2D eigenvalue weighted by Gasteiger charge is 2.26. The standard InChI is InChI=1S/C22H27N5O/c1-2-20-25-22(26-28-20)19-14-23-16-24-21(19)18-11-7-13-27(15-18)12-6-10-17-8-4-3-5-9-17/h3-5,8-9,14,16,18H,2,6-7,10-13,15H2,1H3/t18-/m1/s1. The third kappa shape index (κ3) is 4.44. The van der Waals surface area contributed by atoms with Gasteiger partial charge in [0, 0.05) is 25.1 Å². The number of nitrogens with zero attached hydrogens (tertiary/aromatic N) is 5. The molecule has 1 aromatic carbocycles. The first-order valence-corrected chi connectivity index (χ1v) is 10.2. The van der Waals surface area contributed by atoms with E-state index in [9.17, 15) is 0 Å². The monoisotopic (exact) mass is 377 g/mol. The molecule has 1 fully saturated rings. The van der Waals surface area contributed by atoms with Gasteiger partial charge in [0.2, 0.25) is 11.7 Å². The van der Waals surface area contributed by atoms with Gasteiger partial charge in [-0.2, -0.15) is 4.98 Å². The van der Waals surface area contributed by atoms with Crippen molar-refractivity contribution in [2.45, 2.75) is 44.9 Å². The first-order chi connectivity index (χ1) is 13.8. The largest absolute Gasteiger partial charge is 0.339 e. The fourth-order valence-electron chi connectivity index (χ4n) is 3.98. The van der Waals surface area contributed by atoms with Crippen LogP contribution in [0.5, 0.6) is 0 Å². The third-order valence-corrected chi connectivity index (χ3v) is 5.43. The van der Waals surface area contributed by atoms with Gasteiger partial charge < -0.3 is 9.42 Å². The second-order valence-corrected chi connectivity index (χ2v) is 7.42. The molecule has 0 saturated carbocycles. The predicted octanol–water partition coefficient (Wildman–Crippen LogP) is 3.90. The normalized spacial score (nSPS) is 17.7. The topological polar surface area (TPSA) is 67.9 Å². The molecule has 0 amide bonds. The van der Waals surface area contributed by atoms with Crippen molar-refractivity contribution in [2.75, 3.05) is 19.6 Å². The maximum atomic E-state index is 5.30. The van der Waals surface area contributed by atoms with Gasteiger partial charge in [-0.25, -0.2) is 9.97 Å². The second kappa shape index (κ2) is 9.06. The van der Waals surface area contributed by atoms with E-state index < -0.39 is 0 Å². The SMILES string of the molecule is CCc1nc(-c2cncnc2[C@@H]2CCCN(CCCc3ccccc3)C2)no1. The summed E-state index contributed by atoms with van der Waals surface area (Å²) in [4.78, 5) is 15.9. The molecule has 2 aromatic heterocycles. The lowest BCUT2D eigenvalue weighted by molar-refractivity contribution is 0.204. The second-order valence-electron chi connectivity index (χ2n) is 7.42. The summed E-state index contributed by atoms with van der Waals surface area (Å²) in [5, 5.41) is 4.14. The van der Waals surface area contributed by atoms with Crippen molar-refractivity contribution < 1.29 is 4.52 Å². The Morgan fingerprint density at radius 2 is 2.11 bits per heavy atom. The van der Waals surface area contributed by atoms with Crippen molar-refractivity contribution in [2.24, 2.45) is 0 Å². The predicted molar refractivity (Wildman–Crippen MR) is 108 cm³/mol. The van der Waals surface area contributed by atoms with E-state index in [1.54, 1.807) is 6.33 Å². The molecule has 4 rings (SSSR count). The lowest BCUT2D eigenvalue weighted by atomic mass is 9.91. The molecule has 0 spiro atoms. The van der Waals surface area contributed by atoms with Crippen LogP contribution >= 0.6 is 0 Å². The zero-order valence-electron chi connectivity index (χ0n) is 16.4.